The third-order valence-corrected chi connectivity index (χ3v) is 10.4. The van der Waals surface area contributed by atoms with Crippen molar-refractivity contribution in [3.8, 4) is 16.1 Å². The number of benzene rings is 2. The van der Waals surface area contributed by atoms with Crippen molar-refractivity contribution < 1.29 is 14.3 Å². The zero-order chi connectivity index (χ0) is 34.1. The number of Topliss-reactive ketones (excluding diaryl/α,β-unsaturated/α-hetero) is 1. The first-order chi connectivity index (χ1) is 23.8. The van der Waals surface area contributed by atoms with Crippen molar-refractivity contribution in [3.63, 3.8) is 0 Å². The molecule has 0 fully saturated rings. The number of nitrogens with zero attached hydrogens (tertiary/aromatic N) is 5. The van der Waals surface area contributed by atoms with Gasteiger partial charge in [-0.2, -0.15) is 13.5 Å². The molecule has 13 heteroatoms. The molecule has 2 aromatic carbocycles. The Hall–Kier alpha value is -4.36. The van der Waals surface area contributed by atoms with Crippen LogP contribution in [0.25, 0.3) is 16.1 Å². The highest BCUT2D eigenvalue weighted by molar-refractivity contribution is 7.59. The number of rotatable bonds is 11. The largest absolute Gasteiger partial charge is 0.378 e. The standard InChI is InChI=1S/C37H36ClN7O3S.H2S/c1-21-22(2)49-37-33(21)34(24-8-10-28(38)11-9-24)42-31(36-44-43-23(3)45(36)37)20-32(47)39-13-15-48-16-14-41-35-30(5-4-12-40-35)26-7-6-25-18-29(46)19-27(25)17-26;/h4-12,17,31H,13-16,18-20H2,1-3H3,(H,39,47)(H,40,41);1H2/t31-;/m0./s1. The van der Waals surface area contributed by atoms with Crippen LogP contribution in [0.1, 0.15) is 56.8 Å². The molecule has 2 N–H and O–H groups in total. The molecule has 7 rings (SSSR count). The van der Waals surface area contributed by atoms with E-state index in [1.807, 2.05) is 60.0 Å². The van der Waals surface area contributed by atoms with Crippen LogP contribution in [-0.4, -0.2) is 63.5 Å². The highest BCUT2D eigenvalue weighted by Gasteiger charge is 2.32. The number of pyridine rings is 1. The molecule has 0 radical (unpaired) electrons. The lowest BCUT2D eigenvalue weighted by molar-refractivity contribution is -0.121. The lowest BCUT2D eigenvalue weighted by Crippen LogP contribution is -2.29. The maximum absolute atomic E-state index is 13.2. The number of hydrogen-bond acceptors (Lipinski definition) is 9. The van der Waals surface area contributed by atoms with E-state index in [1.165, 1.54) is 4.88 Å². The molecular formula is C37H38ClN7O3S2. The highest BCUT2D eigenvalue weighted by Crippen LogP contribution is 2.39. The Morgan fingerprint density at radius 1 is 1.00 bits per heavy atom. The number of nitrogens with one attached hydrogen (secondary N) is 2. The van der Waals surface area contributed by atoms with Crippen LogP contribution in [0.4, 0.5) is 5.82 Å². The summed E-state index contributed by atoms with van der Waals surface area (Å²) in [6.45, 7) is 7.83. The van der Waals surface area contributed by atoms with Crippen LogP contribution in [0.3, 0.4) is 0 Å². The number of fused-ring (bicyclic) bond motifs is 4. The summed E-state index contributed by atoms with van der Waals surface area (Å²) in [5.41, 5.74) is 8.12. The molecule has 5 aromatic rings. The van der Waals surface area contributed by atoms with Gasteiger partial charge in [0.25, 0.3) is 0 Å². The Kier molecular flexibility index (Phi) is 10.8. The molecule has 2 aliphatic rings. The second-order valence-electron chi connectivity index (χ2n) is 12.3. The van der Waals surface area contributed by atoms with E-state index in [1.54, 1.807) is 17.5 Å². The molecule has 0 unspecified atom stereocenters. The molecule has 1 amide bonds. The zero-order valence-corrected chi connectivity index (χ0v) is 30.6. The number of aliphatic imine (C=N–C) groups is 1. The minimum absolute atomic E-state index is 0. The predicted octanol–water partition coefficient (Wildman–Crippen LogP) is 6.28. The SMILES string of the molecule is Cc1sc2c(c1C)C(c1ccc(Cl)cc1)=N[C@@H](CC(=O)NCCOCCNc1ncccc1-c1ccc3c(c1)CC(=O)C3)c1nnc(C)n1-2.S. The van der Waals surface area contributed by atoms with Gasteiger partial charge in [-0.1, -0.05) is 41.9 Å². The summed E-state index contributed by atoms with van der Waals surface area (Å²) in [5, 5.41) is 16.9. The van der Waals surface area contributed by atoms with Crippen LogP contribution >= 0.6 is 36.4 Å². The quantitative estimate of drug-likeness (QED) is 0.154. The van der Waals surface area contributed by atoms with Crippen LogP contribution in [0.5, 0.6) is 0 Å². The van der Waals surface area contributed by atoms with Crippen molar-refractivity contribution in [2.45, 2.75) is 46.1 Å². The third-order valence-electron chi connectivity index (χ3n) is 8.94. The van der Waals surface area contributed by atoms with Gasteiger partial charge >= 0.3 is 0 Å². The van der Waals surface area contributed by atoms with Crippen molar-refractivity contribution in [3.05, 3.63) is 110 Å². The number of carbonyl (C=O) groups is 2. The monoisotopic (exact) mass is 727 g/mol. The number of carbonyl (C=O) groups excluding carboxylic acids is 2. The van der Waals surface area contributed by atoms with Gasteiger partial charge in [-0.15, -0.1) is 21.5 Å². The summed E-state index contributed by atoms with van der Waals surface area (Å²) in [5.74, 6) is 2.26. The second-order valence-corrected chi connectivity index (χ2v) is 13.9. The van der Waals surface area contributed by atoms with Crippen LogP contribution in [0.15, 0.2) is 65.8 Å². The minimum Gasteiger partial charge on any atom is -0.378 e. The van der Waals surface area contributed by atoms with E-state index >= 15 is 0 Å². The van der Waals surface area contributed by atoms with Gasteiger partial charge in [0.2, 0.25) is 5.91 Å². The van der Waals surface area contributed by atoms with Gasteiger partial charge in [-0.3, -0.25) is 19.1 Å². The highest BCUT2D eigenvalue weighted by atomic mass is 35.5. The number of amides is 1. The fourth-order valence-electron chi connectivity index (χ4n) is 6.38. The van der Waals surface area contributed by atoms with E-state index in [2.05, 4.69) is 45.7 Å². The first kappa shape index (κ1) is 35.5. The Bertz CT molecular complexity index is 2090. The number of anilines is 1. The molecule has 3 aromatic heterocycles. The third kappa shape index (κ3) is 7.25. The molecule has 4 heterocycles. The molecule has 0 saturated carbocycles. The maximum Gasteiger partial charge on any atom is 0.222 e. The normalized spacial score (nSPS) is 14.6. The summed E-state index contributed by atoms with van der Waals surface area (Å²) in [7, 11) is 0. The van der Waals surface area contributed by atoms with Gasteiger partial charge in [0, 0.05) is 58.7 Å². The molecule has 1 aliphatic carbocycles. The van der Waals surface area contributed by atoms with Crippen LogP contribution < -0.4 is 10.6 Å². The van der Waals surface area contributed by atoms with Crippen LogP contribution in [0, 0.1) is 20.8 Å². The summed E-state index contributed by atoms with van der Waals surface area (Å²) in [6, 6.07) is 17.2. The van der Waals surface area contributed by atoms with E-state index in [0.29, 0.717) is 50.0 Å². The number of ether oxygens (including phenoxy) is 1. The molecule has 0 saturated heterocycles. The molecule has 1 atom stereocenters. The van der Waals surface area contributed by atoms with E-state index in [4.69, 9.17) is 21.3 Å². The minimum atomic E-state index is -0.532. The van der Waals surface area contributed by atoms with Gasteiger partial charge in [0.1, 0.15) is 28.5 Å². The van der Waals surface area contributed by atoms with E-state index in [0.717, 1.165) is 61.3 Å². The predicted molar refractivity (Wildman–Crippen MR) is 203 cm³/mol. The maximum atomic E-state index is 13.2. The number of aryl methyl sites for hydroxylation is 2. The lowest BCUT2D eigenvalue weighted by atomic mass is 9.99. The van der Waals surface area contributed by atoms with Crippen molar-refractivity contribution in [1.29, 1.82) is 0 Å². The Balaban J connectivity index is 0.00000432. The summed E-state index contributed by atoms with van der Waals surface area (Å²) >= 11 is 7.90. The number of ketones is 1. The Morgan fingerprint density at radius 3 is 2.58 bits per heavy atom. The summed E-state index contributed by atoms with van der Waals surface area (Å²) < 4.78 is 7.87. The fourth-order valence-corrected chi connectivity index (χ4v) is 7.72. The average molecular weight is 728 g/mol. The molecule has 50 heavy (non-hydrogen) atoms. The number of aromatic nitrogens is 4. The van der Waals surface area contributed by atoms with Gasteiger partial charge < -0.3 is 15.4 Å². The van der Waals surface area contributed by atoms with Crippen LogP contribution in [-0.2, 0) is 27.2 Å². The average Bonchev–Trinajstić information content (AvgIpc) is 3.73. The lowest BCUT2D eigenvalue weighted by Gasteiger charge is -2.14. The first-order valence-corrected chi connectivity index (χ1v) is 17.5. The van der Waals surface area contributed by atoms with Crippen molar-refractivity contribution in [1.82, 2.24) is 25.1 Å². The molecule has 258 valence electrons. The second kappa shape index (κ2) is 15.3. The van der Waals surface area contributed by atoms with Crippen LogP contribution in [0.2, 0.25) is 5.02 Å². The summed E-state index contributed by atoms with van der Waals surface area (Å²) in [6.07, 6.45) is 2.87. The number of hydrogen-bond donors (Lipinski definition) is 2. The van der Waals surface area contributed by atoms with E-state index in [9.17, 15) is 9.59 Å². The summed E-state index contributed by atoms with van der Waals surface area (Å²) in [4.78, 5) is 36.0. The van der Waals surface area contributed by atoms with E-state index in [-0.39, 0.29) is 31.6 Å². The fraction of sp³-hybridized carbons (Fsp3) is 0.297. The topological polar surface area (TPSA) is 123 Å². The van der Waals surface area contributed by atoms with Crippen molar-refractivity contribution in [2.24, 2.45) is 4.99 Å². The van der Waals surface area contributed by atoms with Crippen molar-refractivity contribution in [2.75, 3.05) is 31.6 Å². The van der Waals surface area contributed by atoms with Gasteiger partial charge in [0.15, 0.2) is 5.82 Å². The molecular weight excluding hydrogens is 690 g/mol. The Labute approximate surface area is 306 Å². The first-order valence-electron chi connectivity index (χ1n) is 16.3. The number of halogens is 1. The van der Waals surface area contributed by atoms with Gasteiger partial charge in [0.05, 0.1) is 25.3 Å². The molecule has 0 spiro atoms. The van der Waals surface area contributed by atoms with Crippen molar-refractivity contribution >= 4 is 59.7 Å². The van der Waals surface area contributed by atoms with E-state index < -0.39 is 6.04 Å². The van der Waals surface area contributed by atoms with Gasteiger partial charge in [-0.25, -0.2) is 4.98 Å². The molecule has 10 nitrogen and oxygen atoms in total. The zero-order valence-electron chi connectivity index (χ0n) is 28.0. The molecule has 1 aliphatic heterocycles. The number of thiophene rings is 1. The van der Waals surface area contributed by atoms with Gasteiger partial charge in [-0.05, 0) is 67.3 Å². The molecule has 0 bridgehead atoms. The smallest absolute Gasteiger partial charge is 0.222 e. The Morgan fingerprint density at radius 2 is 1.76 bits per heavy atom.